The first-order valence-electron chi connectivity index (χ1n) is 12.5. The minimum atomic E-state index is -4.85. The van der Waals surface area contributed by atoms with Crippen LogP contribution in [0.4, 0.5) is 48.3 Å². The van der Waals surface area contributed by atoms with Crippen molar-refractivity contribution in [1.29, 1.82) is 0 Å². The van der Waals surface area contributed by atoms with Gasteiger partial charge in [0.25, 0.3) is 0 Å². The van der Waals surface area contributed by atoms with Crippen LogP contribution in [0, 0.1) is 40.7 Å². The number of alkyl halides is 4. The summed E-state index contributed by atoms with van der Waals surface area (Å²) in [6, 6.07) is 1.56. The molecule has 0 amide bonds. The topological polar surface area (TPSA) is 27.7 Å². The maximum absolute atomic E-state index is 14.8. The van der Waals surface area contributed by atoms with E-state index in [0.717, 1.165) is 18.9 Å². The molecule has 1 fully saturated rings. The molecule has 1 saturated heterocycles. The summed E-state index contributed by atoms with van der Waals surface area (Å²) in [5.74, 6) is -18.0. The fraction of sp³-hybridized carbons (Fsp3) is 0.357. The van der Waals surface area contributed by atoms with Crippen LogP contribution in [0.3, 0.4) is 0 Å². The van der Waals surface area contributed by atoms with E-state index in [4.69, 9.17) is 4.74 Å². The number of halogens is 11. The smallest absolute Gasteiger partial charge is 0.429 e. The largest absolute Gasteiger partial charge is 0.429 e. The normalized spacial score (nSPS) is 17.8. The van der Waals surface area contributed by atoms with Crippen LogP contribution in [-0.2, 0) is 17.0 Å². The van der Waals surface area contributed by atoms with Gasteiger partial charge in [0.2, 0.25) is 5.82 Å². The van der Waals surface area contributed by atoms with Gasteiger partial charge in [0.1, 0.15) is 16.9 Å². The summed E-state index contributed by atoms with van der Waals surface area (Å²) in [4.78, 5) is 0. The molecule has 3 aromatic carbocycles. The number of ether oxygens (including phenoxy) is 3. The lowest BCUT2D eigenvalue weighted by Crippen LogP contribution is -2.28. The van der Waals surface area contributed by atoms with Crippen molar-refractivity contribution >= 4 is 0 Å². The maximum Gasteiger partial charge on any atom is 0.429 e. The number of hydrogen-bond donors (Lipinski definition) is 0. The predicted molar refractivity (Wildman–Crippen MR) is 125 cm³/mol. The molecule has 3 nitrogen and oxygen atoms in total. The Labute approximate surface area is 231 Å². The number of benzene rings is 3. The molecule has 0 radical (unpaired) electrons. The second kappa shape index (κ2) is 12.0. The highest BCUT2D eigenvalue weighted by Gasteiger charge is 2.43. The minimum absolute atomic E-state index is 0.00202. The third-order valence-electron chi connectivity index (χ3n) is 6.65. The van der Waals surface area contributed by atoms with Gasteiger partial charge >= 0.3 is 12.2 Å². The van der Waals surface area contributed by atoms with Gasteiger partial charge in [0.15, 0.2) is 40.7 Å². The van der Waals surface area contributed by atoms with Crippen molar-refractivity contribution in [2.75, 3.05) is 6.61 Å². The van der Waals surface area contributed by atoms with Gasteiger partial charge in [-0.25, -0.2) is 26.3 Å². The van der Waals surface area contributed by atoms with Crippen LogP contribution >= 0.6 is 0 Å². The van der Waals surface area contributed by atoms with Crippen molar-refractivity contribution in [1.82, 2.24) is 0 Å². The fourth-order valence-corrected chi connectivity index (χ4v) is 4.53. The Morgan fingerprint density at radius 2 is 1.29 bits per heavy atom. The van der Waals surface area contributed by atoms with Gasteiger partial charge in [-0.3, -0.25) is 0 Å². The molecule has 0 spiro atoms. The van der Waals surface area contributed by atoms with Crippen molar-refractivity contribution in [3.05, 3.63) is 93.8 Å². The zero-order chi connectivity index (χ0) is 31.0. The van der Waals surface area contributed by atoms with Crippen molar-refractivity contribution < 1.29 is 62.5 Å². The lowest BCUT2D eigenvalue weighted by molar-refractivity contribution is -0.191. The molecule has 0 N–H and O–H groups in total. The van der Waals surface area contributed by atoms with Gasteiger partial charge in [-0.05, 0) is 43.0 Å². The summed E-state index contributed by atoms with van der Waals surface area (Å²) in [6.45, 7) is 1.98. The van der Waals surface area contributed by atoms with E-state index < -0.39 is 81.5 Å². The van der Waals surface area contributed by atoms with E-state index in [0.29, 0.717) is 18.9 Å². The molecule has 0 aliphatic carbocycles. The summed E-state index contributed by atoms with van der Waals surface area (Å²) in [5.41, 5.74) is -3.83. The molecule has 42 heavy (non-hydrogen) atoms. The summed E-state index contributed by atoms with van der Waals surface area (Å²) >= 11 is 0. The predicted octanol–water partition coefficient (Wildman–Crippen LogP) is 8.98. The molecule has 0 saturated carbocycles. The lowest BCUT2D eigenvalue weighted by atomic mass is 9.89. The summed E-state index contributed by atoms with van der Waals surface area (Å²) in [7, 11) is 0. The Morgan fingerprint density at radius 3 is 1.86 bits per heavy atom. The summed E-state index contributed by atoms with van der Waals surface area (Å²) in [6.07, 6.45) is -7.15. The van der Waals surface area contributed by atoms with Crippen LogP contribution in [0.25, 0.3) is 0 Å². The Bertz CT molecular complexity index is 1430. The number of rotatable bonds is 9. The first-order chi connectivity index (χ1) is 19.7. The standard InChI is InChI=1S/C28H21F11O3/c1-2-3-14-5-4-13(12-40-14)16-6-7-17(23(32)22(16)31)28(38,39)42-21-9-8-18(24(33)26(21)35)27(36,37)41-15-10-19(29)25(34)20(30)11-15/h6-11,13-14H,2-5,12H2,1H3. The maximum atomic E-state index is 14.8. The molecule has 0 aromatic heterocycles. The second-order valence-electron chi connectivity index (χ2n) is 9.53. The Hall–Kier alpha value is -3.55. The van der Waals surface area contributed by atoms with Crippen LogP contribution in [0.2, 0.25) is 0 Å². The minimum Gasteiger partial charge on any atom is -0.429 e. The average molecular weight is 614 g/mol. The third-order valence-corrected chi connectivity index (χ3v) is 6.65. The van der Waals surface area contributed by atoms with Crippen molar-refractivity contribution in [2.45, 2.75) is 56.8 Å². The Morgan fingerprint density at radius 1 is 0.714 bits per heavy atom. The van der Waals surface area contributed by atoms with Gasteiger partial charge in [0.05, 0.1) is 12.7 Å². The SMILES string of the molecule is CCCC1CCC(c2ccc(C(F)(F)Oc3ccc(C(F)(F)Oc4cc(F)c(F)c(F)c4)c(F)c3F)c(F)c2F)CO1. The van der Waals surface area contributed by atoms with E-state index in [1.165, 1.54) is 0 Å². The first kappa shape index (κ1) is 31.4. The van der Waals surface area contributed by atoms with E-state index in [1.807, 2.05) is 6.92 Å². The average Bonchev–Trinajstić information content (AvgIpc) is 2.91. The lowest BCUT2D eigenvalue weighted by Gasteiger charge is -2.30. The van der Waals surface area contributed by atoms with Crippen molar-refractivity contribution in [3.8, 4) is 11.5 Å². The van der Waals surface area contributed by atoms with E-state index in [-0.39, 0.29) is 42.5 Å². The molecule has 3 aromatic rings. The second-order valence-corrected chi connectivity index (χ2v) is 9.53. The van der Waals surface area contributed by atoms with E-state index in [2.05, 4.69) is 9.47 Å². The van der Waals surface area contributed by atoms with Crippen molar-refractivity contribution in [2.24, 2.45) is 0 Å². The molecule has 2 atom stereocenters. The molecule has 2 unspecified atom stereocenters. The summed E-state index contributed by atoms with van der Waals surface area (Å²) in [5, 5.41) is 0. The van der Waals surface area contributed by atoms with Gasteiger partial charge in [0, 0.05) is 18.1 Å². The zero-order valence-electron chi connectivity index (χ0n) is 21.5. The van der Waals surface area contributed by atoms with Crippen LogP contribution in [0.15, 0.2) is 36.4 Å². The first-order valence-corrected chi connectivity index (χ1v) is 12.5. The van der Waals surface area contributed by atoms with Crippen LogP contribution in [0.1, 0.15) is 55.2 Å². The van der Waals surface area contributed by atoms with E-state index >= 15 is 0 Å². The molecule has 0 bridgehead atoms. The number of hydrogen-bond acceptors (Lipinski definition) is 3. The molecule has 1 aliphatic heterocycles. The summed E-state index contributed by atoms with van der Waals surface area (Å²) < 4.78 is 171. The highest BCUT2D eigenvalue weighted by Crippen LogP contribution is 2.41. The van der Waals surface area contributed by atoms with Crippen LogP contribution in [0.5, 0.6) is 11.5 Å². The van der Waals surface area contributed by atoms with Crippen LogP contribution < -0.4 is 9.47 Å². The molecule has 228 valence electrons. The molecule has 1 aliphatic rings. The van der Waals surface area contributed by atoms with E-state index in [1.54, 1.807) is 0 Å². The quantitative estimate of drug-likeness (QED) is 0.178. The molecular formula is C28H21F11O3. The molecule has 4 rings (SSSR count). The monoisotopic (exact) mass is 614 g/mol. The van der Waals surface area contributed by atoms with Gasteiger partial charge in [-0.15, -0.1) is 0 Å². The molecular weight excluding hydrogens is 593 g/mol. The van der Waals surface area contributed by atoms with Gasteiger partial charge < -0.3 is 14.2 Å². The van der Waals surface area contributed by atoms with Crippen molar-refractivity contribution in [3.63, 3.8) is 0 Å². The zero-order valence-corrected chi connectivity index (χ0v) is 21.5. The van der Waals surface area contributed by atoms with Crippen LogP contribution in [-0.4, -0.2) is 12.7 Å². The Kier molecular flexibility index (Phi) is 8.95. The highest BCUT2D eigenvalue weighted by atomic mass is 19.3. The third kappa shape index (κ3) is 6.27. The van der Waals surface area contributed by atoms with E-state index in [9.17, 15) is 48.3 Å². The highest BCUT2D eigenvalue weighted by molar-refractivity contribution is 5.36. The molecule has 14 heteroatoms. The molecule has 1 heterocycles. The van der Waals surface area contributed by atoms with Gasteiger partial charge in [-0.1, -0.05) is 19.4 Å². The van der Waals surface area contributed by atoms with Gasteiger partial charge in [-0.2, -0.15) is 22.0 Å². The Balaban J connectivity index is 1.55. The fourth-order valence-electron chi connectivity index (χ4n) is 4.53.